The molecule has 0 aliphatic carbocycles. The van der Waals surface area contributed by atoms with Crippen LogP contribution in [0.2, 0.25) is 0 Å². The van der Waals surface area contributed by atoms with Crippen molar-refractivity contribution in [1.29, 1.82) is 0 Å². The number of anilines is 1. The molecule has 3 aromatic rings. The van der Waals surface area contributed by atoms with E-state index in [1.807, 2.05) is 0 Å². The Morgan fingerprint density at radius 1 is 1.00 bits per heavy atom. The van der Waals surface area contributed by atoms with Crippen molar-refractivity contribution in [2.45, 2.75) is 49.1 Å². The number of pyridine rings is 1. The molecule has 1 amide bonds. The Kier molecular flexibility index (Phi) is 14.9. The summed E-state index contributed by atoms with van der Waals surface area (Å²) >= 11 is 0. The van der Waals surface area contributed by atoms with Crippen molar-refractivity contribution in [3.63, 3.8) is 0 Å². The van der Waals surface area contributed by atoms with Gasteiger partial charge in [0.05, 0.1) is 19.5 Å². The molecule has 3 aromatic heterocycles. The molecule has 266 valence electrons. The van der Waals surface area contributed by atoms with Crippen LogP contribution < -0.4 is 20.9 Å². The van der Waals surface area contributed by atoms with Crippen LogP contribution in [0.25, 0.3) is 11.2 Å². The minimum atomic E-state index is -5.72. The first-order chi connectivity index (χ1) is 22.4. The van der Waals surface area contributed by atoms with Crippen LogP contribution >= 0.6 is 23.5 Å². The van der Waals surface area contributed by atoms with Crippen molar-refractivity contribution in [2.75, 3.05) is 18.9 Å². The Morgan fingerprint density at radius 3 is 2.32 bits per heavy atom. The average molecular weight is 789 g/mol. The number of aliphatic hydroxyl groups excluding tert-OH is 3. The van der Waals surface area contributed by atoms with E-state index in [2.05, 4.69) is 32.8 Å². The number of carbonyl (C=O) groups excluding carboxylic acids is 1. The molecule has 0 bridgehead atoms. The van der Waals surface area contributed by atoms with Gasteiger partial charge in [0.2, 0.25) is 0 Å². The number of amides is 1. The summed E-state index contributed by atoms with van der Waals surface area (Å²) in [7, 11) is -16.6. The number of phosphoric ester groups is 3. The summed E-state index contributed by atoms with van der Waals surface area (Å²) in [5.74, 6) is -0.862. The summed E-state index contributed by atoms with van der Waals surface area (Å²) in [5, 5.41) is 31.5. The molecule has 2 fully saturated rings. The average Bonchev–Trinajstić information content (AvgIpc) is 3.64. The Morgan fingerprint density at radius 2 is 1.66 bits per heavy atom. The summed E-state index contributed by atoms with van der Waals surface area (Å²) in [6.45, 7) is -2.12. The molecular weight excluding hydrogens is 761 g/mol. The van der Waals surface area contributed by atoms with Crippen molar-refractivity contribution < 1.29 is 85.3 Å². The van der Waals surface area contributed by atoms with Gasteiger partial charge in [-0.3, -0.25) is 23.0 Å². The van der Waals surface area contributed by atoms with Gasteiger partial charge >= 0.3 is 15.6 Å². The third-order valence-electron chi connectivity index (χ3n) is 6.97. The zero-order valence-corrected chi connectivity index (χ0v) is 32.6. The van der Waals surface area contributed by atoms with Crippen molar-refractivity contribution >= 4 is 105 Å². The molecule has 10 N–H and O–H groups in total. The topological polar surface area (TPSA) is 368 Å². The second-order valence-electron chi connectivity index (χ2n) is 10.2. The SMILES string of the molecule is NC(=O)c1ccc[n+](C2OC(COP(=O)([O-])OP(=O)(O)OCC3OC(n4cnc5c(N)ncnc54)C(OP(=O)(O)O)C3O)C(O)C2O)c1.[Na].[Na]. The van der Waals surface area contributed by atoms with Crippen LogP contribution in [0.4, 0.5) is 5.82 Å². The third kappa shape index (κ3) is 10.2. The number of primary amides is 1. The summed E-state index contributed by atoms with van der Waals surface area (Å²) in [4.78, 5) is 64.4. The number of phosphoric acid groups is 3. The van der Waals surface area contributed by atoms with Crippen LogP contribution in [-0.2, 0) is 41.1 Å². The molecular formula is C21H28N7Na2O17P3. The summed E-state index contributed by atoms with van der Waals surface area (Å²) in [6.07, 6.45) is -8.59. The van der Waals surface area contributed by atoms with Crippen molar-refractivity contribution in [1.82, 2.24) is 19.5 Å². The molecule has 10 atom stereocenters. The molecule has 2 radical (unpaired) electrons. The van der Waals surface area contributed by atoms with Gasteiger partial charge in [-0.1, -0.05) is 0 Å². The van der Waals surface area contributed by atoms with Gasteiger partial charge in [-0.2, -0.15) is 4.57 Å². The number of nitrogen functional groups attached to an aromatic ring is 1. The number of hydrogen-bond acceptors (Lipinski definition) is 18. The number of fused-ring (bicyclic) bond motifs is 1. The maximum absolute atomic E-state index is 12.5. The fourth-order valence-corrected chi connectivity index (χ4v) is 7.42. The van der Waals surface area contributed by atoms with E-state index in [1.165, 1.54) is 29.1 Å². The summed E-state index contributed by atoms with van der Waals surface area (Å²) in [5.41, 5.74) is 11.1. The fraction of sp³-hybridized carbons (Fsp3) is 0.476. The van der Waals surface area contributed by atoms with Crippen LogP contribution in [0.1, 0.15) is 22.8 Å². The second kappa shape index (κ2) is 17.1. The molecule has 29 heteroatoms. The Balaban J connectivity index is 0.00000338. The normalized spacial score (nSPS) is 29.1. The van der Waals surface area contributed by atoms with E-state index in [9.17, 15) is 53.4 Å². The van der Waals surface area contributed by atoms with Crippen LogP contribution in [0.15, 0.2) is 37.2 Å². The minimum Gasteiger partial charge on any atom is -0.756 e. The van der Waals surface area contributed by atoms with Gasteiger partial charge in [0, 0.05) is 65.2 Å². The maximum atomic E-state index is 12.5. The Labute approximate surface area is 324 Å². The largest absolute Gasteiger partial charge is 0.756 e. The number of ether oxygens (including phenoxy) is 2. The smallest absolute Gasteiger partial charge is 0.478 e. The van der Waals surface area contributed by atoms with Crippen molar-refractivity contribution in [3.05, 3.63) is 42.7 Å². The van der Waals surface area contributed by atoms with Crippen LogP contribution in [0.3, 0.4) is 0 Å². The number of nitrogens with two attached hydrogens (primary N) is 2. The van der Waals surface area contributed by atoms with Crippen LogP contribution in [0.5, 0.6) is 0 Å². The maximum Gasteiger partial charge on any atom is 0.478 e. The molecule has 2 aliphatic heterocycles. The summed E-state index contributed by atoms with van der Waals surface area (Å²) < 4.78 is 67.9. The number of carbonyl (C=O) groups is 1. The standard InChI is InChI=1S/C21H28N7O17P3.2Na/c22-17-12-19(25-7-24-17)28(8-26-12)21-16(44-46(33,34)35)14(30)11(43-21)6-41-48(38,39)45-47(36,37)40-5-10-13(29)15(31)20(42-10)27-3-1-2-9(4-27)18(23)32;;/h1-4,7-8,10-11,13-16,20-21,29-31H,5-6H2,(H7-,22,23,24,25,32,33,34,35,36,37,38,39);;. The first-order valence-corrected chi connectivity index (χ1v) is 17.8. The Bertz CT molecular complexity index is 1820. The van der Waals surface area contributed by atoms with E-state index < -0.39 is 91.7 Å². The van der Waals surface area contributed by atoms with Gasteiger partial charge in [0.1, 0.15) is 47.9 Å². The number of rotatable bonds is 13. The van der Waals surface area contributed by atoms with Crippen LogP contribution in [-0.4, -0.2) is 164 Å². The second-order valence-corrected chi connectivity index (χ2v) is 14.4. The summed E-state index contributed by atoms with van der Waals surface area (Å²) in [6, 6.07) is 2.77. The molecule has 24 nitrogen and oxygen atoms in total. The fourth-order valence-electron chi connectivity index (χ4n) is 4.82. The van der Waals surface area contributed by atoms with E-state index in [0.29, 0.717) is 0 Å². The molecule has 50 heavy (non-hydrogen) atoms. The molecule has 0 aromatic carbocycles. The zero-order chi connectivity index (χ0) is 35.2. The van der Waals surface area contributed by atoms with Gasteiger partial charge in [-0.05, 0) is 6.07 Å². The van der Waals surface area contributed by atoms with E-state index in [1.54, 1.807) is 0 Å². The third-order valence-corrected chi connectivity index (χ3v) is 10.1. The number of imidazole rings is 1. The van der Waals surface area contributed by atoms with Gasteiger partial charge in [0.25, 0.3) is 20.0 Å². The van der Waals surface area contributed by atoms with E-state index in [4.69, 9.17) is 20.9 Å². The van der Waals surface area contributed by atoms with Gasteiger partial charge in [0.15, 0.2) is 36.2 Å². The monoisotopic (exact) mass is 789 g/mol. The molecule has 5 heterocycles. The Hall–Kier alpha value is -0.860. The van der Waals surface area contributed by atoms with Crippen molar-refractivity contribution in [3.8, 4) is 0 Å². The number of aliphatic hydroxyl groups is 3. The van der Waals surface area contributed by atoms with Gasteiger partial charge in [-0.15, -0.1) is 0 Å². The molecule has 2 saturated heterocycles. The molecule has 0 spiro atoms. The van der Waals surface area contributed by atoms with E-state index >= 15 is 0 Å². The molecule has 0 saturated carbocycles. The minimum absolute atomic E-state index is 0. The first-order valence-electron chi connectivity index (χ1n) is 13.3. The number of hydrogen-bond donors (Lipinski definition) is 8. The zero-order valence-electron chi connectivity index (χ0n) is 25.9. The van der Waals surface area contributed by atoms with Crippen molar-refractivity contribution in [2.24, 2.45) is 5.73 Å². The van der Waals surface area contributed by atoms with Gasteiger partial charge in [-0.25, -0.2) is 28.4 Å². The molecule has 2 aliphatic rings. The van der Waals surface area contributed by atoms with Crippen LogP contribution in [0, 0.1) is 0 Å². The number of nitrogens with zero attached hydrogens (tertiary/aromatic N) is 5. The van der Waals surface area contributed by atoms with E-state index in [-0.39, 0.29) is 81.7 Å². The van der Waals surface area contributed by atoms with E-state index in [0.717, 1.165) is 17.2 Å². The first kappa shape index (κ1) is 43.5. The molecule has 5 rings (SSSR count). The van der Waals surface area contributed by atoms with Gasteiger partial charge < -0.3 is 60.4 Å². The predicted octanol–water partition coefficient (Wildman–Crippen LogP) is -4.29. The number of aromatic nitrogens is 5. The quantitative estimate of drug-likeness (QED) is 0.0461. The molecule has 10 unspecified atom stereocenters. The predicted molar refractivity (Wildman–Crippen MR) is 160 cm³/mol.